The summed E-state index contributed by atoms with van der Waals surface area (Å²) in [5.41, 5.74) is 2.93. The van der Waals surface area contributed by atoms with Crippen molar-refractivity contribution in [3.63, 3.8) is 0 Å². The second kappa shape index (κ2) is 11.7. The van der Waals surface area contributed by atoms with E-state index in [0.29, 0.717) is 5.69 Å². The summed E-state index contributed by atoms with van der Waals surface area (Å²) in [6, 6.07) is 20.0. The zero-order valence-corrected chi connectivity index (χ0v) is 23.1. The molecular formula is C27H30BrN3O4S. The van der Waals surface area contributed by atoms with Crippen LogP contribution in [0, 0.1) is 13.8 Å². The molecule has 0 saturated carbocycles. The first-order chi connectivity index (χ1) is 17.0. The lowest BCUT2D eigenvalue weighted by molar-refractivity contribution is -0.139. The number of hydrogen-bond acceptors (Lipinski definition) is 4. The zero-order chi connectivity index (χ0) is 26.5. The zero-order valence-electron chi connectivity index (χ0n) is 20.7. The Bertz CT molecular complexity index is 1330. The van der Waals surface area contributed by atoms with Gasteiger partial charge < -0.3 is 10.2 Å². The van der Waals surface area contributed by atoms with Gasteiger partial charge in [0.25, 0.3) is 10.0 Å². The fourth-order valence-electron chi connectivity index (χ4n) is 3.97. The molecule has 0 aliphatic rings. The lowest BCUT2D eigenvalue weighted by atomic mass is 10.1. The second-order valence-corrected chi connectivity index (χ2v) is 11.4. The van der Waals surface area contributed by atoms with Crippen LogP contribution >= 0.6 is 15.9 Å². The summed E-state index contributed by atoms with van der Waals surface area (Å²) in [5.74, 6) is -0.841. The van der Waals surface area contributed by atoms with Crippen LogP contribution in [0.25, 0.3) is 0 Å². The summed E-state index contributed by atoms with van der Waals surface area (Å²) < 4.78 is 29.4. The highest BCUT2D eigenvalue weighted by Crippen LogP contribution is 2.26. The molecule has 0 unspecified atom stereocenters. The minimum absolute atomic E-state index is 0.0786. The molecule has 0 radical (unpaired) electrons. The minimum atomic E-state index is -4.07. The average molecular weight is 573 g/mol. The van der Waals surface area contributed by atoms with E-state index in [4.69, 9.17) is 0 Å². The second-order valence-electron chi connectivity index (χ2n) is 8.61. The van der Waals surface area contributed by atoms with Crippen molar-refractivity contribution in [2.75, 3.05) is 17.9 Å². The molecule has 9 heteroatoms. The van der Waals surface area contributed by atoms with Crippen molar-refractivity contribution < 1.29 is 18.0 Å². The molecule has 7 nitrogen and oxygen atoms in total. The van der Waals surface area contributed by atoms with Crippen LogP contribution in [-0.4, -0.2) is 44.8 Å². The molecule has 0 saturated heterocycles. The fraction of sp³-hybridized carbons (Fsp3) is 0.259. The van der Waals surface area contributed by atoms with E-state index in [-0.39, 0.29) is 17.3 Å². The number of nitrogens with one attached hydrogen (secondary N) is 1. The average Bonchev–Trinajstić information content (AvgIpc) is 2.84. The Balaban J connectivity index is 2.06. The third-order valence-corrected chi connectivity index (χ3v) is 8.04. The first kappa shape index (κ1) is 27.4. The van der Waals surface area contributed by atoms with Crippen molar-refractivity contribution in [1.29, 1.82) is 0 Å². The Labute approximate surface area is 221 Å². The summed E-state index contributed by atoms with van der Waals surface area (Å²) >= 11 is 3.43. The number of amides is 2. The maximum absolute atomic E-state index is 13.8. The van der Waals surface area contributed by atoms with Crippen molar-refractivity contribution in [2.24, 2.45) is 0 Å². The van der Waals surface area contributed by atoms with Gasteiger partial charge in [-0.1, -0.05) is 52.3 Å². The fourth-order valence-corrected chi connectivity index (χ4v) is 5.83. The van der Waals surface area contributed by atoms with Gasteiger partial charge >= 0.3 is 0 Å². The predicted octanol–water partition coefficient (Wildman–Crippen LogP) is 4.42. The van der Waals surface area contributed by atoms with E-state index in [1.165, 1.54) is 24.1 Å². The molecule has 2 amide bonds. The van der Waals surface area contributed by atoms with Crippen LogP contribution in [0.4, 0.5) is 5.69 Å². The number of carbonyl (C=O) groups is 2. The largest absolute Gasteiger partial charge is 0.357 e. The third-order valence-electron chi connectivity index (χ3n) is 5.76. The van der Waals surface area contributed by atoms with Gasteiger partial charge in [0.15, 0.2) is 0 Å². The van der Waals surface area contributed by atoms with Crippen LogP contribution in [0.3, 0.4) is 0 Å². The van der Waals surface area contributed by atoms with Crippen LogP contribution < -0.4 is 9.62 Å². The molecule has 0 heterocycles. The van der Waals surface area contributed by atoms with E-state index >= 15 is 0 Å². The maximum atomic E-state index is 13.8. The molecule has 0 fully saturated rings. The van der Waals surface area contributed by atoms with Gasteiger partial charge in [0.2, 0.25) is 11.8 Å². The number of hydrogen-bond donors (Lipinski definition) is 1. The SMILES string of the molecule is CNC(=O)[C@@H](C)N(Cc1cccc(Br)c1)C(=O)CN(c1cc(C)cc(C)c1)S(=O)(=O)c1ccccc1. The number of aryl methyl sites for hydroxylation is 2. The Kier molecular flexibility index (Phi) is 8.92. The predicted molar refractivity (Wildman–Crippen MR) is 145 cm³/mol. The van der Waals surface area contributed by atoms with Crippen LogP contribution in [0.2, 0.25) is 0 Å². The molecule has 3 aromatic rings. The molecule has 3 aromatic carbocycles. The van der Waals surface area contributed by atoms with Crippen molar-refractivity contribution >= 4 is 43.5 Å². The van der Waals surface area contributed by atoms with Crippen LogP contribution in [-0.2, 0) is 26.2 Å². The molecule has 1 atom stereocenters. The Morgan fingerprint density at radius 2 is 1.58 bits per heavy atom. The number of rotatable bonds is 9. The summed E-state index contributed by atoms with van der Waals surface area (Å²) in [6.45, 7) is 5.05. The first-order valence-electron chi connectivity index (χ1n) is 11.4. The minimum Gasteiger partial charge on any atom is -0.357 e. The topological polar surface area (TPSA) is 86.8 Å². The maximum Gasteiger partial charge on any atom is 0.264 e. The molecular weight excluding hydrogens is 542 g/mol. The molecule has 0 aliphatic carbocycles. The van der Waals surface area contributed by atoms with Crippen LogP contribution in [0.5, 0.6) is 0 Å². The number of halogens is 1. The highest BCUT2D eigenvalue weighted by Gasteiger charge is 2.32. The van der Waals surface area contributed by atoms with Gasteiger partial charge in [-0.05, 0) is 73.9 Å². The number of benzene rings is 3. The molecule has 190 valence electrons. The van der Waals surface area contributed by atoms with E-state index in [1.807, 2.05) is 44.2 Å². The Morgan fingerprint density at radius 3 is 2.17 bits per heavy atom. The van der Waals surface area contributed by atoms with Gasteiger partial charge in [0, 0.05) is 18.1 Å². The summed E-state index contributed by atoms with van der Waals surface area (Å²) in [6.07, 6.45) is 0. The number of likely N-dealkylation sites (N-methyl/N-ethyl adjacent to an activating group) is 1. The van der Waals surface area contributed by atoms with E-state index < -0.39 is 28.5 Å². The standard InChI is InChI=1S/C27H30BrN3O4S/c1-19-13-20(2)15-24(14-19)31(36(34,35)25-11-6-5-7-12-25)18-26(32)30(21(3)27(33)29-4)17-22-9-8-10-23(28)16-22/h5-16,21H,17-18H2,1-4H3,(H,29,33)/t21-/m1/s1. The van der Waals surface area contributed by atoms with Crippen molar-refractivity contribution in [2.45, 2.75) is 38.3 Å². The molecule has 0 aliphatic heterocycles. The van der Waals surface area contributed by atoms with E-state index in [9.17, 15) is 18.0 Å². The van der Waals surface area contributed by atoms with Gasteiger partial charge in [0.1, 0.15) is 12.6 Å². The molecule has 3 rings (SSSR count). The van der Waals surface area contributed by atoms with Crippen LogP contribution in [0.1, 0.15) is 23.6 Å². The molecule has 0 bridgehead atoms. The van der Waals surface area contributed by atoms with E-state index in [1.54, 1.807) is 37.3 Å². The summed E-state index contributed by atoms with van der Waals surface area (Å²) in [5, 5.41) is 2.58. The van der Waals surface area contributed by atoms with Gasteiger partial charge in [-0.3, -0.25) is 13.9 Å². The first-order valence-corrected chi connectivity index (χ1v) is 13.7. The Morgan fingerprint density at radius 1 is 0.944 bits per heavy atom. The van der Waals surface area contributed by atoms with Gasteiger partial charge in [-0.15, -0.1) is 0 Å². The van der Waals surface area contributed by atoms with Gasteiger partial charge in [-0.25, -0.2) is 8.42 Å². The lowest BCUT2D eigenvalue weighted by Gasteiger charge is -2.32. The highest BCUT2D eigenvalue weighted by atomic mass is 79.9. The summed E-state index contributed by atoms with van der Waals surface area (Å²) in [4.78, 5) is 27.8. The lowest BCUT2D eigenvalue weighted by Crippen LogP contribution is -2.50. The number of nitrogens with zero attached hydrogens (tertiary/aromatic N) is 2. The monoisotopic (exact) mass is 571 g/mol. The summed E-state index contributed by atoms with van der Waals surface area (Å²) in [7, 11) is -2.57. The number of anilines is 1. The normalized spacial score (nSPS) is 12.0. The highest BCUT2D eigenvalue weighted by molar-refractivity contribution is 9.10. The van der Waals surface area contributed by atoms with E-state index in [0.717, 1.165) is 25.5 Å². The number of carbonyl (C=O) groups excluding carboxylic acids is 2. The quantitative estimate of drug-likeness (QED) is 0.411. The smallest absolute Gasteiger partial charge is 0.264 e. The third kappa shape index (κ3) is 6.53. The van der Waals surface area contributed by atoms with Crippen molar-refractivity contribution in [3.8, 4) is 0 Å². The van der Waals surface area contributed by atoms with Crippen molar-refractivity contribution in [1.82, 2.24) is 10.2 Å². The van der Waals surface area contributed by atoms with Gasteiger partial charge in [0.05, 0.1) is 10.6 Å². The molecule has 1 N–H and O–H groups in total. The Hall–Kier alpha value is -3.17. The molecule has 0 spiro atoms. The van der Waals surface area contributed by atoms with Gasteiger partial charge in [-0.2, -0.15) is 0 Å². The number of sulfonamides is 1. The van der Waals surface area contributed by atoms with Crippen LogP contribution in [0.15, 0.2) is 82.2 Å². The molecule has 36 heavy (non-hydrogen) atoms. The van der Waals surface area contributed by atoms with E-state index in [2.05, 4.69) is 21.2 Å². The molecule has 0 aromatic heterocycles. The van der Waals surface area contributed by atoms with Crippen molar-refractivity contribution in [3.05, 3.63) is 94.0 Å².